The van der Waals surface area contributed by atoms with E-state index in [0.717, 1.165) is 24.8 Å². The smallest absolute Gasteiger partial charge is 0.336 e. The number of nitrogens with zero attached hydrogens (tertiary/aromatic N) is 1. The number of carboxylic acid groups (broad SMARTS) is 1. The van der Waals surface area contributed by atoms with Crippen molar-refractivity contribution >= 4 is 47.2 Å². The van der Waals surface area contributed by atoms with Gasteiger partial charge >= 0.3 is 5.97 Å². The number of amides is 6. The summed E-state index contributed by atoms with van der Waals surface area (Å²) >= 11 is 0. The van der Waals surface area contributed by atoms with Gasteiger partial charge in [-0.25, -0.2) is 4.79 Å². The molecule has 314 valence electrons. The SMILES string of the molecule is CCCC(NC(=O)[C@@H]1C[C@@H](OC(C)(C)C)CN1C(=O)[C@@H](NC(=O)c1ccccc1C(=O)O)C1CCCCC1)C(=O)C(=O)NCC(=O)NC(C(N)=O)c1cccc(C)c1. The molecule has 7 N–H and O–H groups in total. The maximum absolute atomic E-state index is 14.6. The minimum atomic E-state index is -1.31. The molecule has 1 aliphatic carbocycles. The number of benzene rings is 2. The van der Waals surface area contributed by atoms with Gasteiger partial charge < -0.3 is 41.7 Å². The molecule has 2 aliphatic rings. The van der Waals surface area contributed by atoms with Crippen LogP contribution in [0.3, 0.4) is 0 Å². The summed E-state index contributed by atoms with van der Waals surface area (Å²) in [5.41, 5.74) is 5.82. The van der Waals surface area contributed by atoms with Crippen molar-refractivity contribution in [3.63, 3.8) is 0 Å². The maximum atomic E-state index is 14.6. The second-order valence-electron chi connectivity index (χ2n) is 16.0. The van der Waals surface area contributed by atoms with Gasteiger partial charge in [0.1, 0.15) is 18.1 Å². The highest BCUT2D eigenvalue weighted by molar-refractivity contribution is 6.38. The summed E-state index contributed by atoms with van der Waals surface area (Å²) in [5.74, 6) is -7.35. The third-order valence-electron chi connectivity index (χ3n) is 10.3. The van der Waals surface area contributed by atoms with Crippen LogP contribution in [0.2, 0.25) is 0 Å². The fourth-order valence-electron chi connectivity index (χ4n) is 7.60. The van der Waals surface area contributed by atoms with E-state index < -0.39 is 89.6 Å². The molecule has 1 saturated carbocycles. The second-order valence-corrected chi connectivity index (χ2v) is 16.0. The second kappa shape index (κ2) is 20.2. The number of carbonyl (C=O) groups is 8. The van der Waals surface area contributed by atoms with Gasteiger partial charge in [0, 0.05) is 13.0 Å². The number of nitrogens with two attached hydrogens (primary N) is 1. The van der Waals surface area contributed by atoms with Crippen LogP contribution in [0.25, 0.3) is 0 Å². The number of hydrogen-bond donors (Lipinski definition) is 6. The predicted molar refractivity (Wildman–Crippen MR) is 212 cm³/mol. The topological polar surface area (TPSA) is 243 Å². The van der Waals surface area contributed by atoms with Gasteiger partial charge in [0.05, 0.1) is 35.4 Å². The van der Waals surface area contributed by atoms with Gasteiger partial charge in [0.15, 0.2) is 0 Å². The number of primary amides is 1. The van der Waals surface area contributed by atoms with E-state index in [0.29, 0.717) is 24.8 Å². The van der Waals surface area contributed by atoms with E-state index >= 15 is 0 Å². The molecule has 16 heteroatoms. The molecule has 0 bridgehead atoms. The number of ether oxygens (including phenoxy) is 1. The summed E-state index contributed by atoms with van der Waals surface area (Å²) < 4.78 is 6.22. The Morgan fingerprint density at radius 3 is 2.19 bits per heavy atom. The molecule has 58 heavy (non-hydrogen) atoms. The largest absolute Gasteiger partial charge is 0.478 e. The molecule has 1 heterocycles. The van der Waals surface area contributed by atoms with Gasteiger partial charge in [-0.1, -0.05) is 74.6 Å². The van der Waals surface area contributed by atoms with Crippen LogP contribution in [0.15, 0.2) is 48.5 Å². The number of rotatable bonds is 17. The summed E-state index contributed by atoms with van der Waals surface area (Å²) in [5, 5.41) is 19.9. The molecule has 0 spiro atoms. The van der Waals surface area contributed by atoms with Crippen molar-refractivity contribution in [2.75, 3.05) is 13.1 Å². The first-order valence-electron chi connectivity index (χ1n) is 19.8. The summed E-state index contributed by atoms with van der Waals surface area (Å²) in [4.78, 5) is 107. The van der Waals surface area contributed by atoms with Crippen molar-refractivity contribution in [3.05, 3.63) is 70.8 Å². The van der Waals surface area contributed by atoms with Crippen molar-refractivity contribution in [2.24, 2.45) is 11.7 Å². The lowest BCUT2D eigenvalue weighted by atomic mass is 9.83. The van der Waals surface area contributed by atoms with Crippen molar-refractivity contribution < 1.29 is 48.2 Å². The summed E-state index contributed by atoms with van der Waals surface area (Å²) in [6, 6.07) is 7.77. The lowest BCUT2D eigenvalue weighted by Gasteiger charge is -2.35. The van der Waals surface area contributed by atoms with Gasteiger partial charge in [-0.2, -0.15) is 0 Å². The number of carbonyl (C=O) groups excluding carboxylic acids is 7. The Morgan fingerprint density at radius 1 is 0.914 bits per heavy atom. The molecule has 2 fully saturated rings. The third-order valence-corrected chi connectivity index (χ3v) is 10.3. The van der Waals surface area contributed by atoms with Crippen LogP contribution in [-0.2, 0) is 33.5 Å². The number of ketones is 1. The van der Waals surface area contributed by atoms with Gasteiger partial charge in [0.25, 0.3) is 11.8 Å². The van der Waals surface area contributed by atoms with E-state index in [9.17, 15) is 43.5 Å². The highest BCUT2D eigenvalue weighted by atomic mass is 16.5. The van der Waals surface area contributed by atoms with Crippen LogP contribution in [0, 0.1) is 12.8 Å². The maximum Gasteiger partial charge on any atom is 0.336 e. The third kappa shape index (κ3) is 12.2. The minimum Gasteiger partial charge on any atom is -0.478 e. The first kappa shape index (κ1) is 45.1. The fourth-order valence-corrected chi connectivity index (χ4v) is 7.60. The molecule has 5 atom stereocenters. The molecule has 4 rings (SSSR count). The van der Waals surface area contributed by atoms with Crippen LogP contribution in [0.5, 0.6) is 0 Å². The van der Waals surface area contributed by atoms with Crippen molar-refractivity contribution in [2.45, 2.75) is 122 Å². The molecule has 6 amide bonds. The van der Waals surface area contributed by atoms with Crippen LogP contribution < -0.4 is 27.0 Å². The first-order valence-corrected chi connectivity index (χ1v) is 19.8. The van der Waals surface area contributed by atoms with Crippen LogP contribution in [-0.4, -0.2) is 100 Å². The normalized spacial score (nSPS) is 18.6. The Labute approximate surface area is 338 Å². The first-order chi connectivity index (χ1) is 27.4. The number of aromatic carboxylic acids is 1. The fraction of sp³-hybridized carbons (Fsp3) is 0.524. The van der Waals surface area contributed by atoms with E-state index in [1.54, 1.807) is 38.1 Å². The van der Waals surface area contributed by atoms with Crippen LogP contribution in [0.1, 0.15) is 117 Å². The minimum absolute atomic E-state index is 0.00414. The molecule has 16 nitrogen and oxygen atoms in total. The lowest BCUT2D eigenvalue weighted by molar-refractivity contribution is -0.143. The number of Topliss-reactive ketones (excluding diaryl/α,β-unsaturated/α-hetero) is 1. The molecule has 2 aromatic rings. The highest BCUT2D eigenvalue weighted by Gasteiger charge is 2.46. The van der Waals surface area contributed by atoms with Crippen molar-refractivity contribution in [3.8, 4) is 0 Å². The number of aryl methyl sites for hydroxylation is 1. The Hall–Kier alpha value is -5.64. The van der Waals surface area contributed by atoms with Gasteiger partial charge in [-0.15, -0.1) is 0 Å². The quantitative estimate of drug-likeness (QED) is 0.128. The molecule has 1 aliphatic heterocycles. The zero-order chi connectivity index (χ0) is 42.7. The number of nitrogens with one attached hydrogen (secondary N) is 4. The summed E-state index contributed by atoms with van der Waals surface area (Å²) in [6.45, 7) is 8.41. The van der Waals surface area contributed by atoms with Crippen LogP contribution >= 0.6 is 0 Å². The van der Waals surface area contributed by atoms with Gasteiger partial charge in [-0.05, 0) is 70.6 Å². The average molecular weight is 805 g/mol. The van der Waals surface area contributed by atoms with Crippen molar-refractivity contribution in [1.29, 1.82) is 0 Å². The molecule has 1 saturated heterocycles. The van der Waals surface area contributed by atoms with E-state index in [1.165, 1.54) is 29.2 Å². The molecule has 2 unspecified atom stereocenters. The monoisotopic (exact) mass is 804 g/mol. The Kier molecular flexibility index (Phi) is 15.7. The van der Waals surface area contributed by atoms with E-state index in [4.69, 9.17) is 10.5 Å². The number of hydrogen-bond acceptors (Lipinski definition) is 9. The molecular weight excluding hydrogens is 748 g/mol. The van der Waals surface area contributed by atoms with Gasteiger partial charge in [0.2, 0.25) is 29.4 Å². The van der Waals surface area contributed by atoms with Crippen LogP contribution in [0.4, 0.5) is 0 Å². The zero-order valence-corrected chi connectivity index (χ0v) is 33.8. The molecular formula is C42H56N6O10. The number of carboxylic acids is 1. The van der Waals surface area contributed by atoms with E-state index in [1.807, 2.05) is 20.8 Å². The van der Waals surface area contributed by atoms with Gasteiger partial charge in [-0.3, -0.25) is 33.6 Å². The molecule has 0 aromatic heterocycles. The average Bonchev–Trinajstić information content (AvgIpc) is 3.59. The zero-order valence-electron chi connectivity index (χ0n) is 33.8. The Balaban J connectivity index is 1.52. The Morgan fingerprint density at radius 2 is 1.59 bits per heavy atom. The standard InChI is InChI=1S/C42H56N6O10/c1-6-13-30(35(50)39(54)44-22-32(49)46-33(36(43)51)26-17-12-14-24(2)20-26)45-38(53)31-21-27(58-42(3,4)5)23-48(31)40(55)34(25-15-8-7-9-16-25)47-37(52)28-18-10-11-19-29(28)41(56)57/h10-12,14,17-20,25,27,30-31,33-34H,6-9,13,15-16,21-23H2,1-5H3,(H2,43,51)(H,44,54)(H,45,53)(H,46,49)(H,47,52)(H,56,57)/t27-,30?,31+,33?,34+/m1/s1. The molecule has 2 aromatic carbocycles. The Bertz CT molecular complexity index is 1870. The summed E-state index contributed by atoms with van der Waals surface area (Å²) in [7, 11) is 0. The van der Waals surface area contributed by atoms with E-state index in [2.05, 4.69) is 21.3 Å². The molecule has 0 radical (unpaired) electrons. The highest BCUT2D eigenvalue weighted by Crippen LogP contribution is 2.31. The van der Waals surface area contributed by atoms with E-state index in [-0.39, 0.29) is 36.4 Å². The predicted octanol–water partition coefficient (Wildman–Crippen LogP) is 2.47. The summed E-state index contributed by atoms with van der Waals surface area (Å²) in [6.07, 6.45) is 3.75. The number of likely N-dealkylation sites (tertiary alicyclic amines) is 1. The lowest BCUT2D eigenvalue weighted by Crippen LogP contribution is -2.58. The van der Waals surface area contributed by atoms with Crippen molar-refractivity contribution in [1.82, 2.24) is 26.2 Å².